The molecule has 98 valence electrons. The summed E-state index contributed by atoms with van der Waals surface area (Å²) >= 11 is 0. The van der Waals surface area contributed by atoms with Gasteiger partial charge in [-0.2, -0.15) is 10.2 Å². The first-order chi connectivity index (χ1) is 8.95. The predicted octanol–water partition coefficient (Wildman–Crippen LogP) is 3.81. The molecule has 0 unspecified atom stereocenters. The number of sulfone groups is 1. The molecule has 0 aromatic heterocycles. The molecule has 19 heavy (non-hydrogen) atoms. The Kier molecular flexibility index (Phi) is 3.76. The molecule has 4 nitrogen and oxygen atoms in total. The van der Waals surface area contributed by atoms with E-state index in [9.17, 15) is 8.42 Å². The summed E-state index contributed by atoms with van der Waals surface area (Å²) in [6.07, 6.45) is 1.18. The Morgan fingerprint density at radius 1 is 0.789 bits per heavy atom. The van der Waals surface area contributed by atoms with Gasteiger partial charge in [-0.05, 0) is 43.3 Å². The van der Waals surface area contributed by atoms with E-state index in [0.29, 0.717) is 5.69 Å². The van der Waals surface area contributed by atoms with Gasteiger partial charge < -0.3 is 0 Å². The third-order valence-electron chi connectivity index (χ3n) is 2.58. The van der Waals surface area contributed by atoms with Crippen LogP contribution in [0.4, 0.5) is 11.4 Å². The summed E-state index contributed by atoms with van der Waals surface area (Å²) < 4.78 is 22.6. The third kappa shape index (κ3) is 3.72. The van der Waals surface area contributed by atoms with Crippen molar-refractivity contribution in [2.75, 3.05) is 6.26 Å². The van der Waals surface area contributed by atoms with Crippen LogP contribution in [0.2, 0.25) is 0 Å². The normalized spacial score (nSPS) is 11.9. The first kappa shape index (κ1) is 13.4. The van der Waals surface area contributed by atoms with Crippen molar-refractivity contribution in [3.05, 3.63) is 54.1 Å². The van der Waals surface area contributed by atoms with E-state index in [0.717, 1.165) is 11.3 Å². The first-order valence-electron chi connectivity index (χ1n) is 5.74. The smallest absolute Gasteiger partial charge is 0.175 e. The van der Waals surface area contributed by atoms with E-state index in [2.05, 4.69) is 10.2 Å². The zero-order valence-electron chi connectivity index (χ0n) is 10.7. The largest absolute Gasteiger partial charge is 0.224 e. The van der Waals surface area contributed by atoms with Crippen LogP contribution in [-0.2, 0) is 9.84 Å². The molecule has 0 aliphatic heterocycles. The molecule has 5 heteroatoms. The molecular formula is C14H14N2O2S. The van der Waals surface area contributed by atoms with E-state index in [-0.39, 0.29) is 4.90 Å². The Hall–Kier alpha value is -2.01. The minimum atomic E-state index is -3.16. The molecule has 2 rings (SSSR count). The van der Waals surface area contributed by atoms with Crippen molar-refractivity contribution < 1.29 is 8.42 Å². The van der Waals surface area contributed by atoms with Gasteiger partial charge in [-0.3, -0.25) is 0 Å². The number of benzene rings is 2. The van der Waals surface area contributed by atoms with Crippen LogP contribution in [-0.4, -0.2) is 14.7 Å². The molecule has 0 heterocycles. The highest BCUT2D eigenvalue weighted by molar-refractivity contribution is 7.90. The Bertz CT molecular complexity index is 687. The zero-order valence-corrected chi connectivity index (χ0v) is 11.6. The van der Waals surface area contributed by atoms with Crippen LogP contribution in [0, 0.1) is 6.92 Å². The summed E-state index contributed by atoms with van der Waals surface area (Å²) in [5.74, 6) is 0. The Morgan fingerprint density at radius 2 is 1.21 bits per heavy atom. The van der Waals surface area contributed by atoms with Crippen molar-refractivity contribution in [1.82, 2.24) is 0 Å². The van der Waals surface area contributed by atoms with Gasteiger partial charge in [0.15, 0.2) is 9.84 Å². The van der Waals surface area contributed by atoms with E-state index < -0.39 is 9.84 Å². The molecule has 0 spiro atoms. The maximum atomic E-state index is 11.3. The number of aryl methyl sites for hydroxylation is 1. The summed E-state index contributed by atoms with van der Waals surface area (Å²) in [7, 11) is -3.16. The van der Waals surface area contributed by atoms with E-state index in [4.69, 9.17) is 0 Å². The lowest BCUT2D eigenvalue weighted by molar-refractivity contribution is 0.602. The van der Waals surface area contributed by atoms with Crippen LogP contribution in [0.15, 0.2) is 63.7 Å². The second-order valence-corrected chi connectivity index (χ2v) is 6.32. The molecule has 0 saturated carbocycles. The Balaban J connectivity index is 2.18. The van der Waals surface area contributed by atoms with Crippen molar-refractivity contribution in [1.29, 1.82) is 0 Å². The average molecular weight is 274 g/mol. The lowest BCUT2D eigenvalue weighted by Gasteiger charge is -1.98. The quantitative estimate of drug-likeness (QED) is 0.799. The highest BCUT2D eigenvalue weighted by Crippen LogP contribution is 2.20. The van der Waals surface area contributed by atoms with Gasteiger partial charge in [0.1, 0.15) is 0 Å². The van der Waals surface area contributed by atoms with Gasteiger partial charge >= 0.3 is 0 Å². The van der Waals surface area contributed by atoms with E-state index in [1.54, 1.807) is 12.1 Å². The summed E-state index contributed by atoms with van der Waals surface area (Å²) in [5.41, 5.74) is 2.54. The van der Waals surface area contributed by atoms with Crippen LogP contribution in [0.25, 0.3) is 0 Å². The van der Waals surface area contributed by atoms with Gasteiger partial charge in [0.05, 0.1) is 16.3 Å². The second-order valence-electron chi connectivity index (χ2n) is 4.30. The highest BCUT2D eigenvalue weighted by atomic mass is 32.2. The van der Waals surface area contributed by atoms with Gasteiger partial charge in [0.2, 0.25) is 0 Å². The molecule has 2 aromatic rings. The molecule has 2 aromatic carbocycles. The number of azo groups is 1. The number of hydrogen-bond donors (Lipinski definition) is 0. The van der Waals surface area contributed by atoms with Crippen LogP contribution in [0.1, 0.15) is 5.56 Å². The zero-order chi connectivity index (χ0) is 13.9. The highest BCUT2D eigenvalue weighted by Gasteiger charge is 2.05. The van der Waals surface area contributed by atoms with E-state index in [1.165, 1.54) is 18.4 Å². The average Bonchev–Trinajstić information content (AvgIpc) is 2.37. The molecular weight excluding hydrogens is 260 g/mol. The topological polar surface area (TPSA) is 58.9 Å². The molecule has 0 bridgehead atoms. The Morgan fingerprint density at radius 3 is 1.63 bits per heavy atom. The molecule has 0 N–H and O–H groups in total. The molecule has 0 fully saturated rings. The van der Waals surface area contributed by atoms with Crippen molar-refractivity contribution in [2.45, 2.75) is 11.8 Å². The van der Waals surface area contributed by atoms with Crippen molar-refractivity contribution >= 4 is 21.2 Å². The summed E-state index contributed by atoms with van der Waals surface area (Å²) in [5, 5.41) is 8.14. The van der Waals surface area contributed by atoms with Crippen LogP contribution in [0.3, 0.4) is 0 Å². The SMILES string of the molecule is Cc1ccc(N=Nc2ccc(S(C)(=O)=O)cc2)cc1. The number of rotatable bonds is 3. The molecule has 0 aliphatic carbocycles. The summed E-state index contributed by atoms with van der Waals surface area (Å²) in [6, 6.07) is 14.0. The predicted molar refractivity (Wildman–Crippen MR) is 74.9 cm³/mol. The molecule has 0 aliphatic rings. The minimum Gasteiger partial charge on any atom is -0.224 e. The van der Waals surface area contributed by atoms with Gasteiger partial charge in [-0.15, -0.1) is 0 Å². The van der Waals surface area contributed by atoms with Gasteiger partial charge in [0.25, 0.3) is 0 Å². The minimum absolute atomic E-state index is 0.279. The maximum absolute atomic E-state index is 11.3. The van der Waals surface area contributed by atoms with Crippen LogP contribution < -0.4 is 0 Å². The lowest BCUT2D eigenvalue weighted by Crippen LogP contribution is -1.95. The van der Waals surface area contributed by atoms with Crippen LogP contribution >= 0.6 is 0 Å². The number of nitrogens with zero attached hydrogens (tertiary/aromatic N) is 2. The lowest BCUT2D eigenvalue weighted by atomic mass is 10.2. The Labute approximate surface area is 112 Å². The standard InChI is InChI=1S/C14H14N2O2S/c1-11-3-5-12(6-4-11)15-16-13-7-9-14(10-8-13)19(2,17)18/h3-10H,1-2H3. The molecule has 0 saturated heterocycles. The summed E-state index contributed by atoms with van der Waals surface area (Å²) in [6.45, 7) is 2.00. The second kappa shape index (κ2) is 5.32. The summed E-state index contributed by atoms with van der Waals surface area (Å²) in [4.78, 5) is 0.279. The molecule has 0 atom stereocenters. The number of hydrogen-bond acceptors (Lipinski definition) is 4. The fourth-order valence-corrected chi connectivity index (χ4v) is 2.12. The fraction of sp³-hybridized carbons (Fsp3) is 0.143. The van der Waals surface area contributed by atoms with Gasteiger partial charge in [-0.1, -0.05) is 17.7 Å². The van der Waals surface area contributed by atoms with Crippen molar-refractivity contribution in [2.24, 2.45) is 10.2 Å². The van der Waals surface area contributed by atoms with Crippen molar-refractivity contribution in [3.8, 4) is 0 Å². The van der Waals surface area contributed by atoms with Gasteiger partial charge in [0, 0.05) is 6.26 Å². The van der Waals surface area contributed by atoms with Crippen LogP contribution in [0.5, 0.6) is 0 Å². The third-order valence-corrected chi connectivity index (χ3v) is 3.71. The first-order valence-corrected chi connectivity index (χ1v) is 7.63. The monoisotopic (exact) mass is 274 g/mol. The van der Waals surface area contributed by atoms with Crippen molar-refractivity contribution in [3.63, 3.8) is 0 Å². The maximum Gasteiger partial charge on any atom is 0.175 e. The van der Waals surface area contributed by atoms with E-state index >= 15 is 0 Å². The molecule has 0 radical (unpaired) electrons. The van der Waals surface area contributed by atoms with Gasteiger partial charge in [-0.25, -0.2) is 8.42 Å². The van der Waals surface area contributed by atoms with E-state index in [1.807, 2.05) is 31.2 Å². The fourth-order valence-electron chi connectivity index (χ4n) is 1.49. The molecule has 0 amide bonds.